The minimum atomic E-state index is -1.16. The number of carbonyl (C=O) groups is 2. The molecule has 126 valence electrons. The number of amides is 1. The van der Waals surface area contributed by atoms with Crippen LogP contribution in [0.15, 0.2) is 47.4 Å². The predicted octanol–water partition coefficient (Wildman–Crippen LogP) is 3.20. The Balaban J connectivity index is 1.99. The van der Waals surface area contributed by atoms with Crippen molar-refractivity contribution in [3.05, 3.63) is 58.5 Å². The number of nitrogens with zero attached hydrogens (tertiary/aromatic N) is 1. The Bertz CT molecular complexity index is 938. The van der Waals surface area contributed by atoms with Crippen molar-refractivity contribution in [2.45, 2.75) is 0 Å². The molecule has 0 aromatic heterocycles. The van der Waals surface area contributed by atoms with E-state index in [-0.39, 0.29) is 32.0 Å². The van der Waals surface area contributed by atoms with Gasteiger partial charge in [-0.15, -0.1) is 0 Å². The van der Waals surface area contributed by atoms with E-state index in [1.165, 1.54) is 41.3 Å². The Morgan fingerprint density at radius 1 is 1.12 bits per heavy atom. The van der Waals surface area contributed by atoms with E-state index in [0.29, 0.717) is 5.56 Å². The number of aromatic carboxylic acids is 1. The van der Waals surface area contributed by atoms with Crippen LogP contribution in [0.3, 0.4) is 0 Å². The van der Waals surface area contributed by atoms with E-state index in [1.807, 2.05) is 0 Å². The molecule has 0 bridgehead atoms. The van der Waals surface area contributed by atoms with Gasteiger partial charge in [0.15, 0.2) is 15.8 Å². The summed E-state index contributed by atoms with van der Waals surface area (Å²) in [6.07, 6.45) is 1.52. The number of hydrogen-bond donors (Lipinski definition) is 3. The molecule has 0 spiro atoms. The molecule has 3 N–H and O–H groups in total. The molecular formula is C17H11NO5S2. The van der Waals surface area contributed by atoms with E-state index in [4.69, 9.17) is 12.2 Å². The van der Waals surface area contributed by atoms with Crippen molar-refractivity contribution < 1.29 is 24.9 Å². The van der Waals surface area contributed by atoms with Crippen LogP contribution in [-0.4, -0.2) is 31.5 Å². The lowest BCUT2D eigenvalue weighted by molar-refractivity contribution is -0.113. The maximum atomic E-state index is 12.7. The first-order valence-electron chi connectivity index (χ1n) is 7.00. The molecule has 1 aliphatic rings. The topological polar surface area (TPSA) is 98.1 Å². The Kier molecular flexibility index (Phi) is 4.47. The van der Waals surface area contributed by atoms with Gasteiger partial charge in [-0.1, -0.05) is 42.2 Å². The fraction of sp³-hybridized carbons (Fsp3) is 0. The van der Waals surface area contributed by atoms with Gasteiger partial charge in [0.05, 0.1) is 16.2 Å². The van der Waals surface area contributed by atoms with Crippen LogP contribution < -0.4 is 4.90 Å². The van der Waals surface area contributed by atoms with Crippen molar-refractivity contribution in [1.29, 1.82) is 0 Å². The summed E-state index contributed by atoms with van der Waals surface area (Å²) in [5.41, 5.74) is 0.680. The minimum Gasteiger partial charge on any atom is -0.504 e. The molecule has 3 rings (SSSR count). The molecule has 1 heterocycles. The molecule has 2 aromatic rings. The van der Waals surface area contributed by atoms with Crippen molar-refractivity contribution in [2.75, 3.05) is 4.90 Å². The Labute approximate surface area is 152 Å². The SMILES string of the molecule is O=C(O)c1ccccc1N1C(=O)/C(=C/c2ccc(O)c(O)c2)SC1=S. The van der Waals surface area contributed by atoms with Crippen molar-refractivity contribution in [1.82, 2.24) is 0 Å². The van der Waals surface area contributed by atoms with Gasteiger partial charge in [-0.2, -0.15) is 0 Å². The lowest BCUT2D eigenvalue weighted by Crippen LogP contribution is -2.29. The van der Waals surface area contributed by atoms with Crippen molar-refractivity contribution in [3.8, 4) is 11.5 Å². The highest BCUT2D eigenvalue weighted by Gasteiger charge is 2.35. The Morgan fingerprint density at radius 3 is 2.52 bits per heavy atom. The molecule has 0 aliphatic carbocycles. The third kappa shape index (κ3) is 3.21. The fourth-order valence-electron chi connectivity index (χ4n) is 2.31. The van der Waals surface area contributed by atoms with Gasteiger partial charge in [0.25, 0.3) is 5.91 Å². The Morgan fingerprint density at radius 2 is 1.84 bits per heavy atom. The quantitative estimate of drug-likeness (QED) is 0.432. The zero-order valence-electron chi connectivity index (χ0n) is 12.5. The van der Waals surface area contributed by atoms with E-state index in [9.17, 15) is 24.9 Å². The van der Waals surface area contributed by atoms with Crippen LogP contribution in [0, 0.1) is 0 Å². The number of thioether (sulfide) groups is 1. The summed E-state index contributed by atoms with van der Waals surface area (Å²) in [4.78, 5) is 25.5. The number of carboxylic acid groups (broad SMARTS) is 1. The summed E-state index contributed by atoms with van der Waals surface area (Å²) in [5, 5.41) is 28.2. The summed E-state index contributed by atoms with van der Waals surface area (Å²) >= 11 is 6.26. The molecule has 8 heteroatoms. The molecular weight excluding hydrogens is 362 g/mol. The second-order valence-corrected chi connectivity index (χ2v) is 6.76. The molecule has 0 atom stereocenters. The molecule has 1 aliphatic heterocycles. The lowest BCUT2D eigenvalue weighted by atomic mass is 10.1. The number of carboxylic acids is 1. The first kappa shape index (κ1) is 17.0. The third-order valence-electron chi connectivity index (χ3n) is 3.47. The van der Waals surface area contributed by atoms with Gasteiger partial charge in [0.2, 0.25) is 0 Å². The zero-order valence-corrected chi connectivity index (χ0v) is 14.2. The highest BCUT2D eigenvalue weighted by molar-refractivity contribution is 8.27. The Hall–Kier alpha value is -2.84. The van der Waals surface area contributed by atoms with Crippen LogP contribution in [0.25, 0.3) is 6.08 Å². The first-order valence-corrected chi connectivity index (χ1v) is 8.23. The number of para-hydroxylation sites is 1. The number of anilines is 1. The lowest BCUT2D eigenvalue weighted by Gasteiger charge is -2.16. The van der Waals surface area contributed by atoms with E-state index < -0.39 is 11.9 Å². The van der Waals surface area contributed by atoms with E-state index in [2.05, 4.69) is 0 Å². The number of hydrogen-bond acceptors (Lipinski definition) is 6. The number of phenols is 2. The molecule has 1 amide bonds. The van der Waals surface area contributed by atoms with E-state index in [1.54, 1.807) is 12.1 Å². The summed E-state index contributed by atoms with van der Waals surface area (Å²) in [5.74, 6) is -2.17. The van der Waals surface area contributed by atoms with Gasteiger partial charge in [-0.3, -0.25) is 9.69 Å². The van der Waals surface area contributed by atoms with Gasteiger partial charge in [0, 0.05) is 0 Å². The number of phenolic OH excluding ortho intramolecular Hbond substituents is 2. The van der Waals surface area contributed by atoms with Gasteiger partial charge in [0.1, 0.15) is 0 Å². The smallest absolute Gasteiger partial charge is 0.337 e. The van der Waals surface area contributed by atoms with Crippen molar-refractivity contribution >= 4 is 51.9 Å². The molecule has 0 radical (unpaired) electrons. The number of aromatic hydroxyl groups is 2. The largest absolute Gasteiger partial charge is 0.504 e. The normalized spacial score (nSPS) is 15.8. The van der Waals surface area contributed by atoms with Crippen LogP contribution in [0.5, 0.6) is 11.5 Å². The maximum Gasteiger partial charge on any atom is 0.337 e. The van der Waals surface area contributed by atoms with E-state index >= 15 is 0 Å². The molecule has 1 saturated heterocycles. The fourth-order valence-corrected chi connectivity index (χ4v) is 3.59. The molecule has 1 fully saturated rings. The second-order valence-electron chi connectivity index (χ2n) is 5.09. The van der Waals surface area contributed by atoms with Crippen molar-refractivity contribution in [2.24, 2.45) is 0 Å². The first-order chi connectivity index (χ1) is 11.9. The minimum absolute atomic E-state index is 0.0256. The number of rotatable bonds is 3. The average Bonchev–Trinajstić information content (AvgIpc) is 2.84. The van der Waals surface area contributed by atoms with Gasteiger partial charge >= 0.3 is 5.97 Å². The number of thiocarbonyl (C=S) groups is 1. The molecule has 25 heavy (non-hydrogen) atoms. The van der Waals surface area contributed by atoms with Crippen LogP contribution in [0.1, 0.15) is 15.9 Å². The average molecular weight is 373 g/mol. The van der Waals surface area contributed by atoms with E-state index in [0.717, 1.165) is 11.8 Å². The second kappa shape index (κ2) is 6.58. The van der Waals surface area contributed by atoms with Gasteiger partial charge in [-0.25, -0.2) is 4.79 Å². The molecule has 2 aromatic carbocycles. The molecule has 0 unspecified atom stereocenters. The van der Waals surface area contributed by atoms with Crippen molar-refractivity contribution in [3.63, 3.8) is 0 Å². The van der Waals surface area contributed by atoms with Crippen LogP contribution >= 0.6 is 24.0 Å². The highest BCUT2D eigenvalue weighted by atomic mass is 32.2. The van der Waals surface area contributed by atoms with Gasteiger partial charge < -0.3 is 15.3 Å². The highest BCUT2D eigenvalue weighted by Crippen LogP contribution is 2.38. The molecule has 0 saturated carbocycles. The van der Waals surface area contributed by atoms with Crippen LogP contribution in [-0.2, 0) is 4.79 Å². The summed E-state index contributed by atoms with van der Waals surface area (Å²) < 4.78 is 0.216. The number of benzene rings is 2. The third-order valence-corrected chi connectivity index (χ3v) is 4.77. The summed E-state index contributed by atoms with van der Waals surface area (Å²) in [7, 11) is 0. The monoisotopic (exact) mass is 373 g/mol. The summed E-state index contributed by atoms with van der Waals surface area (Å²) in [6.45, 7) is 0. The number of carbonyl (C=O) groups excluding carboxylic acids is 1. The maximum absolute atomic E-state index is 12.7. The predicted molar refractivity (Wildman–Crippen MR) is 98.8 cm³/mol. The van der Waals surface area contributed by atoms with Crippen LogP contribution in [0.4, 0.5) is 5.69 Å². The van der Waals surface area contributed by atoms with Crippen LogP contribution in [0.2, 0.25) is 0 Å². The zero-order chi connectivity index (χ0) is 18.1. The van der Waals surface area contributed by atoms with Gasteiger partial charge in [-0.05, 0) is 35.9 Å². The standard InChI is InChI=1S/C17H11NO5S2/c19-12-6-5-9(7-13(12)20)8-14-15(21)18(17(24)25-14)11-4-2-1-3-10(11)16(22)23/h1-8,19-20H,(H,22,23)/b14-8-. The molecule has 6 nitrogen and oxygen atoms in total. The summed E-state index contributed by atoms with van der Waals surface area (Å²) in [6, 6.07) is 10.3.